The number of hydrogen-bond acceptors (Lipinski definition) is 6. The van der Waals surface area contributed by atoms with Gasteiger partial charge >= 0.3 is 0 Å². The highest BCUT2D eigenvalue weighted by Gasteiger charge is 2.37. The molecule has 2 aliphatic heterocycles. The lowest BCUT2D eigenvalue weighted by Gasteiger charge is -2.31. The first kappa shape index (κ1) is 21.3. The van der Waals surface area contributed by atoms with Crippen LogP contribution in [0.2, 0.25) is 0 Å². The molecule has 0 unspecified atom stereocenters. The highest BCUT2D eigenvalue weighted by atomic mass is 16.2. The normalized spacial score (nSPS) is 22.5. The molecule has 164 valence electrons. The van der Waals surface area contributed by atoms with Gasteiger partial charge in [0.15, 0.2) is 0 Å². The van der Waals surface area contributed by atoms with E-state index in [0.29, 0.717) is 30.9 Å². The van der Waals surface area contributed by atoms with E-state index in [-0.39, 0.29) is 17.9 Å². The van der Waals surface area contributed by atoms with E-state index >= 15 is 0 Å². The zero-order chi connectivity index (χ0) is 22.0. The molecular formula is C23H31N7O. The van der Waals surface area contributed by atoms with Gasteiger partial charge in [-0.15, -0.1) is 0 Å². The first-order chi connectivity index (χ1) is 14.9. The highest BCUT2D eigenvalue weighted by Crippen LogP contribution is 2.30. The van der Waals surface area contributed by atoms with Gasteiger partial charge in [-0.05, 0) is 56.5 Å². The number of anilines is 1. The van der Waals surface area contributed by atoms with Gasteiger partial charge in [-0.1, -0.05) is 6.92 Å². The van der Waals surface area contributed by atoms with Crippen LogP contribution in [0.4, 0.5) is 5.82 Å². The van der Waals surface area contributed by atoms with Crippen LogP contribution in [0.5, 0.6) is 0 Å². The Bertz CT molecular complexity index is 971. The zero-order valence-corrected chi connectivity index (χ0v) is 18.6. The SMILES string of the molecule is Cc1nc(N[C@@H]2CN(C(=O)CN3CCC(C)CC3)C[C@H]2c2cnn(C)c2)ccc1C#N. The number of aryl methyl sites for hydroxylation is 2. The van der Waals surface area contributed by atoms with E-state index in [0.717, 1.165) is 30.4 Å². The number of amides is 1. The second kappa shape index (κ2) is 9.06. The second-order valence-electron chi connectivity index (χ2n) is 9.00. The maximum atomic E-state index is 13.1. The van der Waals surface area contributed by atoms with Crippen LogP contribution in [0.1, 0.15) is 42.5 Å². The van der Waals surface area contributed by atoms with E-state index in [1.807, 2.05) is 37.3 Å². The second-order valence-corrected chi connectivity index (χ2v) is 9.00. The van der Waals surface area contributed by atoms with Gasteiger partial charge in [0, 0.05) is 32.3 Å². The molecule has 2 saturated heterocycles. The number of hydrogen-bond donors (Lipinski definition) is 1. The van der Waals surface area contributed by atoms with Crippen molar-refractivity contribution in [2.24, 2.45) is 13.0 Å². The van der Waals surface area contributed by atoms with Crippen LogP contribution in [0.25, 0.3) is 0 Å². The average Bonchev–Trinajstić information content (AvgIpc) is 3.36. The number of likely N-dealkylation sites (tertiary alicyclic amines) is 2. The summed E-state index contributed by atoms with van der Waals surface area (Å²) in [5.41, 5.74) is 2.40. The van der Waals surface area contributed by atoms with Crippen molar-refractivity contribution in [1.29, 1.82) is 5.26 Å². The molecule has 2 aromatic rings. The summed E-state index contributed by atoms with van der Waals surface area (Å²) in [6.45, 7) is 7.92. The fourth-order valence-electron chi connectivity index (χ4n) is 4.58. The standard InChI is InChI=1S/C23H31N7O/c1-16-6-8-29(9-7-16)15-23(31)30-13-20(19-11-25-28(3)12-19)21(14-30)27-22-5-4-18(10-24)17(2)26-22/h4-5,11-12,16,20-21H,6-9,13-15H2,1-3H3,(H,26,27)/t20-,21+/m0/s1. The van der Waals surface area contributed by atoms with E-state index in [1.165, 1.54) is 12.8 Å². The molecule has 4 heterocycles. The molecule has 0 bridgehead atoms. The van der Waals surface area contributed by atoms with Gasteiger partial charge in [-0.2, -0.15) is 10.4 Å². The molecule has 31 heavy (non-hydrogen) atoms. The Balaban J connectivity index is 1.48. The first-order valence-electron chi connectivity index (χ1n) is 11.1. The molecule has 0 radical (unpaired) electrons. The Morgan fingerprint density at radius 2 is 2.06 bits per heavy atom. The molecule has 0 aromatic carbocycles. The maximum Gasteiger partial charge on any atom is 0.236 e. The van der Waals surface area contributed by atoms with Crippen molar-refractivity contribution >= 4 is 11.7 Å². The van der Waals surface area contributed by atoms with Gasteiger partial charge in [0.2, 0.25) is 5.91 Å². The molecule has 4 rings (SSSR count). The lowest BCUT2D eigenvalue weighted by Crippen LogP contribution is -2.43. The van der Waals surface area contributed by atoms with Gasteiger partial charge in [-0.3, -0.25) is 14.4 Å². The third-order valence-electron chi connectivity index (χ3n) is 6.60. The molecule has 2 atom stereocenters. The molecule has 8 nitrogen and oxygen atoms in total. The summed E-state index contributed by atoms with van der Waals surface area (Å²) in [5.74, 6) is 1.81. The Morgan fingerprint density at radius 3 is 2.71 bits per heavy atom. The van der Waals surface area contributed by atoms with E-state index in [9.17, 15) is 4.79 Å². The molecule has 1 amide bonds. The Labute approximate surface area is 183 Å². The quantitative estimate of drug-likeness (QED) is 0.796. The van der Waals surface area contributed by atoms with Crippen molar-refractivity contribution < 1.29 is 4.79 Å². The van der Waals surface area contributed by atoms with Crippen LogP contribution in [0, 0.1) is 24.2 Å². The molecule has 0 aliphatic carbocycles. The third kappa shape index (κ3) is 4.88. The van der Waals surface area contributed by atoms with E-state index in [2.05, 4.69) is 33.3 Å². The summed E-state index contributed by atoms with van der Waals surface area (Å²) in [4.78, 5) is 21.9. The minimum absolute atomic E-state index is 0.0364. The van der Waals surface area contributed by atoms with Crippen molar-refractivity contribution in [1.82, 2.24) is 24.6 Å². The van der Waals surface area contributed by atoms with Crippen LogP contribution >= 0.6 is 0 Å². The fourth-order valence-corrected chi connectivity index (χ4v) is 4.58. The Morgan fingerprint density at radius 1 is 1.29 bits per heavy atom. The van der Waals surface area contributed by atoms with E-state index in [4.69, 9.17) is 5.26 Å². The van der Waals surface area contributed by atoms with Crippen LogP contribution in [0.3, 0.4) is 0 Å². The Kier molecular flexibility index (Phi) is 6.23. The van der Waals surface area contributed by atoms with Gasteiger partial charge < -0.3 is 10.2 Å². The summed E-state index contributed by atoms with van der Waals surface area (Å²) in [6, 6.07) is 5.82. The molecule has 0 saturated carbocycles. The number of rotatable bonds is 5. The largest absolute Gasteiger partial charge is 0.365 e. The molecule has 0 spiro atoms. The topological polar surface area (TPSA) is 90.1 Å². The summed E-state index contributed by atoms with van der Waals surface area (Å²) in [7, 11) is 1.91. The van der Waals surface area contributed by atoms with Crippen molar-refractivity contribution in [3.8, 4) is 6.07 Å². The first-order valence-corrected chi connectivity index (χ1v) is 11.1. The number of nitrogens with zero attached hydrogens (tertiary/aromatic N) is 6. The van der Waals surface area contributed by atoms with E-state index in [1.54, 1.807) is 10.7 Å². The lowest BCUT2D eigenvalue weighted by atomic mass is 9.97. The number of pyridine rings is 1. The summed E-state index contributed by atoms with van der Waals surface area (Å²) >= 11 is 0. The minimum Gasteiger partial charge on any atom is -0.365 e. The zero-order valence-electron chi connectivity index (χ0n) is 18.6. The van der Waals surface area contributed by atoms with Crippen LogP contribution < -0.4 is 5.32 Å². The smallest absolute Gasteiger partial charge is 0.236 e. The van der Waals surface area contributed by atoms with Crippen molar-refractivity contribution in [3.05, 3.63) is 41.3 Å². The van der Waals surface area contributed by atoms with E-state index < -0.39 is 0 Å². The number of aromatic nitrogens is 3. The third-order valence-corrected chi connectivity index (χ3v) is 6.60. The number of carbonyl (C=O) groups is 1. The number of nitriles is 1. The molecule has 2 aliphatic rings. The van der Waals surface area contributed by atoms with Crippen molar-refractivity contribution in [2.45, 2.75) is 38.6 Å². The predicted molar refractivity (Wildman–Crippen MR) is 118 cm³/mol. The number of carbonyl (C=O) groups excluding carboxylic acids is 1. The lowest BCUT2D eigenvalue weighted by molar-refractivity contribution is -0.131. The Hall–Kier alpha value is -2.92. The molecule has 2 aromatic heterocycles. The summed E-state index contributed by atoms with van der Waals surface area (Å²) < 4.78 is 1.80. The van der Waals surface area contributed by atoms with Crippen LogP contribution in [-0.2, 0) is 11.8 Å². The average molecular weight is 422 g/mol. The highest BCUT2D eigenvalue weighted by molar-refractivity contribution is 5.79. The molecule has 8 heteroatoms. The van der Waals surface area contributed by atoms with Gasteiger partial charge in [0.25, 0.3) is 0 Å². The van der Waals surface area contributed by atoms with Gasteiger partial charge in [0.05, 0.1) is 30.0 Å². The summed E-state index contributed by atoms with van der Waals surface area (Å²) in [5, 5.41) is 17.0. The number of piperidine rings is 1. The predicted octanol–water partition coefficient (Wildman–Crippen LogP) is 2.13. The van der Waals surface area contributed by atoms with Crippen LogP contribution in [0.15, 0.2) is 24.5 Å². The molecule has 1 N–H and O–H groups in total. The summed E-state index contributed by atoms with van der Waals surface area (Å²) in [6.07, 6.45) is 6.24. The van der Waals surface area contributed by atoms with Crippen LogP contribution in [-0.4, -0.2) is 69.2 Å². The van der Waals surface area contributed by atoms with Crippen molar-refractivity contribution in [2.75, 3.05) is 38.0 Å². The minimum atomic E-state index is 0.0364. The maximum absolute atomic E-state index is 13.1. The monoisotopic (exact) mass is 421 g/mol. The molecule has 2 fully saturated rings. The van der Waals surface area contributed by atoms with Crippen molar-refractivity contribution in [3.63, 3.8) is 0 Å². The molecular weight excluding hydrogens is 390 g/mol. The fraction of sp³-hybridized carbons (Fsp3) is 0.565. The number of nitrogens with one attached hydrogen (secondary N) is 1. The van der Waals surface area contributed by atoms with Gasteiger partial charge in [0.1, 0.15) is 11.9 Å². The van der Waals surface area contributed by atoms with Gasteiger partial charge in [-0.25, -0.2) is 4.98 Å².